The summed E-state index contributed by atoms with van der Waals surface area (Å²) >= 11 is 0. The van der Waals surface area contributed by atoms with Gasteiger partial charge in [0.05, 0.1) is 6.54 Å². The van der Waals surface area contributed by atoms with Crippen LogP contribution in [0.3, 0.4) is 0 Å². The Kier molecular flexibility index (Phi) is 5.24. The molecule has 2 aromatic rings. The molecule has 2 rings (SSSR count). The van der Waals surface area contributed by atoms with Gasteiger partial charge in [0.25, 0.3) is 0 Å². The standard InChI is InChI=1S/C15H17N3O4/c1-10(8-14(20)21)7-13(19)16-9-12-15(18-22-17-12)11-5-3-2-4-6-11/h2-6,10H,7-9H2,1H3,(H,16,19)(H,20,21). The molecule has 1 atom stereocenters. The van der Waals surface area contributed by atoms with Crippen molar-refractivity contribution in [1.82, 2.24) is 15.6 Å². The number of aliphatic carboxylic acids is 1. The fourth-order valence-corrected chi connectivity index (χ4v) is 2.08. The molecule has 1 heterocycles. The second-order valence-electron chi connectivity index (χ2n) is 5.11. The van der Waals surface area contributed by atoms with Crippen LogP contribution < -0.4 is 5.32 Å². The maximum absolute atomic E-state index is 11.8. The number of aromatic nitrogens is 2. The van der Waals surface area contributed by atoms with Crippen LogP contribution in [0.15, 0.2) is 35.0 Å². The number of carbonyl (C=O) groups is 2. The molecule has 0 saturated heterocycles. The van der Waals surface area contributed by atoms with Crippen LogP contribution in [0.4, 0.5) is 0 Å². The molecule has 116 valence electrons. The number of rotatable bonds is 7. The number of benzene rings is 1. The third-order valence-corrected chi connectivity index (χ3v) is 3.11. The van der Waals surface area contributed by atoms with Gasteiger partial charge in [-0.25, -0.2) is 4.63 Å². The SMILES string of the molecule is CC(CC(=O)O)CC(=O)NCc1nonc1-c1ccccc1. The van der Waals surface area contributed by atoms with Crippen molar-refractivity contribution in [2.75, 3.05) is 0 Å². The zero-order valence-electron chi connectivity index (χ0n) is 12.2. The van der Waals surface area contributed by atoms with Crippen molar-refractivity contribution in [3.8, 4) is 11.3 Å². The summed E-state index contributed by atoms with van der Waals surface area (Å²) in [4.78, 5) is 22.4. The maximum Gasteiger partial charge on any atom is 0.303 e. The highest BCUT2D eigenvalue weighted by Crippen LogP contribution is 2.19. The van der Waals surface area contributed by atoms with Crippen LogP contribution in [0, 0.1) is 5.92 Å². The second-order valence-corrected chi connectivity index (χ2v) is 5.11. The Bertz CT molecular complexity index is 639. The number of nitrogens with zero attached hydrogens (tertiary/aromatic N) is 2. The summed E-state index contributed by atoms with van der Waals surface area (Å²) < 4.78 is 4.74. The highest BCUT2D eigenvalue weighted by Gasteiger charge is 2.15. The van der Waals surface area contributed by atoms with Gasteiger partial charge >= 0.3 is 5.97 Å². The molecule has 1 unspecified atom stereocenters. The van der Waals surface area contributed by atoms with E-state index in [4.69, 9.17) is 9.74 Å². The summed E-state index contributed by atoms with van der Waals surface area (Å²) in [5, 5.41) is 19.0. The Morgan fingerprint density at radius 2 is 1.95 bits per heavy atom. The first-order valence-corrected chi connectivity index (χ1v) is 6.91. The van der Waals surface area contributed by atoms with Crippen molar-refractivity contribution >= 4 is 11.9 Å². The zero-order chi connectivity index (χ0) is 15.9. The van der Waals surface area contributed by atoms with Gasteiger partial charge in [-0.2, -0.15) is 0 Å². The summed E-state index contributed by atoms with van der Waals surface area (Å²) in [6, 6.07) is 9.39. The third kappa shape index (κ3) is 4.41. The normalized spacial score (nSPS) is 11.9. The minimum Gasteiger partial charge on any atom is -0.481 e. The third-order valence-electron chi connectivity index (χ3n) is 3.11. The molecule has 0 aliphatic carbocycles. The molecule has 7 heteroatoms. The van der Waals surface area contributed by atoms with Crippen molar-refractivity contribution in [1.29, 1.82) is 0 Å². The first-order chi connectivity index (χ1) is 10.6. The maximum atomic E-state index is 11.8. The lowest BCUT2D eigenvalue weighted by atomic mass is 10.0. The van der Waals surface area contributed by atoms with Crippen molar-refractivity contribution < 1.29 is 19.3 Å². The van der Waals surface area contributed by atoms with Gasteiger partial charge in [0, 0.05) is 18.4 Å². The van der Waals surface area contributed by atoms with Gasteiger partial charge < -0.3 is 10.4 Å². The van der Waals surface area contributed by atoms with Gasteiger partial charge in [0.15, 0.2) is 0 Å². The number of hydrogen-bond acceptors (Lipinski definition) is 5. The van der Waals surface area contributed by atoms with Crippen LogP contribution in [0.5, 0.6) is 0 Å². The lowest BCUT2D eigenvalue weighted by molar-refractivity contribution is -0.138. The molecular formula is C15H17N3O4. The Labute approximate surface area is 127 Å². The van der Waals surface area contributed by atoms with Crippen LogP contribution in [0.1, 0.15) is 25.5 Å². The topological polar surface area (TPSA) is 105 Å². The summed E-state index contributed by atoms with van der Waals surface area (Å²) in [7, 11) is 0. The van der Waals surface area contributed by atoms with E-state index >= 15 is 0 Å². The van der Waals surface area contributed by atoms with Crippen molar-refractivity contribution in [2.24, 2.45) is 5.92 Å². The first kappa shape index (κ1) is 15.7. The van der Waals surface area contributed by atoms with Crippen LogP contribution in [0.2, 0.25) is 0 Å². The van der Waals surface area contributed by atoms with Crippen molar-refractivity contribution in [3.05, 3.63) is 36.0 Å². The van der Waals surface area contributed by atoms with Crippen molar-refractivity contribution in [3.63, 3.8) is 0 Å². The zero-order valence-corrected chi connectivity index (χ0v) is 12.2. The van der Waals surface area contributed by atoms with Crippen LogP contribution >= 0.6 is 0 Å². The quantitative estimate of drug-likeness (QED) is 0.808. The van der Waals surface area contributed by atoms with E-state index in [2.05, 4.69) is 15.6 Å². The van der Waals surface area contributed by atoms with Crippen LogP contribution in [0.25, 0.3) is 11.3 Å². The number of amides is 1. The van der Waals surface area contributed by atoms with Crippen LogP contribution in [-0.4, -0.2) is 27.3 Å². The average molecular weight is 303 g/mol. The molecule has 0 aliphatic rings. The van der Waals surface area contributed by atoms with Gasteiger partial charge in [-0.15, -0.1) is 0 Å². The molecule has 0 aliphatic heterocycles. The van der Waals surface area contributed by atoms with E-state index in [0.29, 0.717) is 11.4 Å². The molecule has 22 heavy (non-hydrogen) atoms. The summed E-state index contributed by atoms with van der Waals surface area (Å²) in [6.45, 7) is 1.91. The van der Waals surface area contributed by atoms with E-state index < -0.39 is 5.97 Å². The summed E-state index contributed by atoms with van der Waals surface area (Å²) in [6.07, 6.45) is 0.118. The van der Waals surface area contributed by atoms with E-state index in [9.17, 15) is 9.59 Å². The Morgan fingerprint density at radius 3 is 2.64 bits per heavy atom. The minimum atomic E-state index is -0.910. The molecule has 2 N–H and O–H groups in total. The molecule has 0 fully saturated rings. The lowest BCUT2D eigenvalue weighted by Crippen LogP contribution is -2.25. The van der Waals surface area contributed by atoms with Gasteiger partial charge in [-0.05, 0) is 11.1 Å². The number of hydrogen-bond donors (Lipinski definition) is 2. The average Bonchev–Trinajstić information content (AvgIpc) is 2.93. The summed E-state index contributed by atoms with van der Waals surface area (Å²) in [5.74, 6) is -1.36. The highest BCUT2D eigenvalue weighted by atomic mass is 16.6. The van der Waals surface area contributed by atoms with E-state index in [-0.39, 0.29) is 31.2 Å². The molecule has 0 spiro atoms. The highest BCUT2D eigenvalue weighted by molar-refractivity contribution is 5.77. The molecule has 0 saturated carbocycles. The molecule has 1 amide bonds. The van der Waals surface area contributed by atoms with Gasteiger partial charge in [-0.3, -0.25) is 9.59 Å². The predicted octanol–water partition coefficient (Wildman–Crippen LogP) is 1.85. The fourth-order valence-electron chi connectivity index (χ4n) is 2.08. The number of nitrogens with one attached hydrogen (secondary N) is 1. The van der Waals surface area contributed by atoms with E-state index in [0.717, 1.165) is 5.56 Å². The predicted molar refractivity (Wildman–Crippen MR) is 77.6 cm³/mol. The lowest BCUT2D eigenvalue weighted by Gasteiger charge is -2.08. The second kappa shape index (κ2) is 7.35. The molecule has 1 aromatic carbocycles. The monoisotopic (exact) mass is 303 g/mol. The van der Waals surface area contributed by atoms with Crippen LogP contribution in [-0.2, 0) is 16.1 Å². The Balaban J connectivity index is 1.91. The fraction of sp³-hybridized carbons (Fsp3) is 0.333. The number of carboxylic acid groups (broad SMARTS) is 1. The number of carbonyl (C=O) groups excluding carboxylic acids is 1. The smallest absolute Gasteiger partial charge is 0.303 e. The van der Waals surface area contributed by atoms with Gasteiger partial charge in [0.2, 0.25) is 5.91 Å². The largest absolute Gasteiger partial charge is 0.481 e. The number of carboxylic acids is 1. The van der Waals surface area contributed by atoms with E-state index in [1.54, 1.807) is 6.92 Å². The molecule has 1 aromatic heterocycles. The Hall–Kier alpha value is -2.70. The minimum absolute atomic E-state index is 0.0335. The summed E-state index contributed by atoms with van der Waals surface area (Å²) in [5.41, 5.74) is 1.97. The Morgan fingerprint density at radius 1 is 1.23 bits per heavy atom. The van der Waals surface area contributed by atoms with Gasteiger partial charge in [0.1, 0.15) is 11.4 Å². The molecule has 7 nitrogen and oxygen atoms in total. The van der Waals surface area contributed by atoms with E-state index in [1.807, 2.05) is 30.3 Å². The van der Waals surface area contributed by atoms with Crippen molar-refractivity contribution in [2.45, 2.75) is 26.3 Å². The first-order valence-electron chi connectivity index (χ1n) is 6.91. The van der Waals surface area contributed by atoms with E-state index in [1.165, 1.54) is 0 Å². The molecule has 0 bridgehead atoms. The molecule has 0 radical (unpaired) electrons. The van der Waals surface area contributed by atoms with Gasteiger partial charge in [-0.1, -0.05) is 42.4 Å². The molecular weight excluding hydrogens is 286 g/mol.